The maximum absolute atomic E-state index is 9.67. The molecule has 0 aliphatic heterocycles. The van der Waals surface area contributed by atoms with Crippen LogP contribution in [0.4, 0.5) is 0 Å². The molecule has 0 bridgehead atoms. The summed E-state index contributed by atoms with van der Waals surface area (Å²) < 4.78 is 0. The summed E-state index contributed by atoms with van der Waals surface area (Å²) in [7, 11) is -0.589. The quantitative estimate of drug-likeness (QED) is 0.556. The van der Waals surface area contributed by atoms with Crippen molar-refractivity contribution in [1.29, 1.82) is 0 Å². The van der Waals surface area contributed by atoms with Crippen molar-refractivity contribution in [2.45, 2.75) is 0 Å². The highest BCUT2D eigenvalue weighted by Crippen LogP contribution is 2.34. The lowest BCUT2D eigenvalue weighted by atomic mass is 10.1. The van der Waals surface area contributed by atoms with Crippen LogP contribution >= 0.6 is 7.92 Å². The van der Waals surface area contributed by atoms with Gasteiger partial charge in [0.05, 0.1) is 0 Å². The lowest BCUT2D eigenvalue weighted by Crippen LogP contribution is -2.20. The first kappa shape index (κ1) is 14.9. The normalized spacial score (nSPS) is 11.0. The van der Waals surface area contributed by atoms with E-state index in [0.29, 0.717) is 5.75 Å². The van der Waals surface area contributed by atoms with Crippen LogP contribution in [0.25, 0.3) is 10.8 Å². The Balaban J connectivity index is 1.89. The van der Waals surface area contributed by atoms with Crippen LogP contribution in [0, 0.1) is 0 Å². The van der Waals surface area contributed by atoms with Gasteiger partial charge in [0.15, 0.2) is 0 Å². The van der Waals surface area contributed by atoms with E-state index in [1.54, 1.807) is 6.07 Å². The Hall–Kier alpha value is -2.63. The van der Waals surface area contributed by atoms with Gasteiger partial charge in [0.1, 0.15) is 5.75 Å². The van der Waals surface area contributed by atoms with Crippen molar-refractivity contribution in [3.8, 4) is 5.75 Å². The standard InChI is InChI=1S/C22H17OP/c23-19-13-11-18-16-22(14-12-17(18)15-19)24(20-7-3-1-4-8-20)21-9-5-2-6-10-21/h1-16,23H. The molecule has 0 aliphatic rings. The summed E-state index contributed by atoms with van der Waals surface area (Å²) in [6.45, 7) is 0. The maximum Gasteiger partial charge on any atom is 0.116 e. The molecule has 2 heteroatoms. The first-order valence-electron chi connectivity index (χ1n) is 7.94. The molecule has 0 aliphatic carbocycles. The summed E-state index contributed by atoms with van der Waals surface area (Å²) in [5, 5.41) is 15.9. The van der Waals surface area contributed by atoms with Gasteiger partial charge in [0.2, 0.25) is 0 Å². The van der Waals surface area contributed by atoms with E-state index in [-0.39, 0.29) is 0 Å². The summed E-state index contributed by atoms with van der Waals surface area (Å²) >= 11 is 0. The summed E-state index contributed by atoms with van der Waals surface area (Å²) in [5.74, 6) is 0.309. The van der Waals surface area contributed by atoms with E-state index in [1.165, 1.54) is 15.9 Å². The van der Waals surface area contributed by atoms with Crippen LogP contribution in [0.3, 0.4) is 0 Å². The molecular formula is C22H17OP. The first-order chi connectivity index (χ1) is 11.8. The number of hydrogen-bond donors (Lipinski definition) is 1. The molecule has 0 heterocycles. The van der Waals surface area contributed by atoms with Gasteiger partial charge in [-0.1, -0.05) is 78.9 Å². The number of phenolic OH excluding ortho intramolecular Hbond substituents is 1. The Morgan fingerprint density at radius 2 is 1.04 bits per heavy atom. The Labute approximate surface area is 143 Å². The van der Waals surface area contributed by atoms with E-state index >= 15 is 0 Å². The van der Waals surface area contributed by atoms with Crippen LogP contribution in [0.15, 0.2) is 97.1 Å². The average molecular weight is 328 g/mol. The molecule has 0 amide bonds. The van der Waals surface area contributed by atoms with Gasteiger partial charge in [0.25, 0.3) is 0 Å². The molecule has 4 aromatic carbocycles. The van der Waals surface area contributed by atoms with Crippen molar-refractivity contribution in [1.82, 2.24) is 0 Å². The third kappa shape index (κ3) is 2.91. The lowest BCUT2D eigenvalue weighted by molar-refractivity contribution is 0.476. The van der Waals surface area contributed by atoms with E-state index < -0.39 is 7.92 Å². The number of rotatable bonds is 3. The molecule has 24 heavy (non-hydrogen) atoms. The fourth-order valence-electron chi connectivity index (χ4n) is 2.96. The van der Waals surface area contributed by atoms with Gasteiger partial charge in [-0.15, -0.1) is 0 Å². The molecular weight excluding hydrogens is 311 g/mol. The predicted molar refractivity (Wildman–Crippen MR) is 104 cm³/mol. The molecule has 0 fully saturated rings. The fourth-order valence-corrected chi connectivity index (χ4v) is 5.29. The van der Waals surface area contributed by atoms with Crippen LogP contribution in [-0.4, -0.2) is 5.11 Å². The number of phenols is 1. The predicted octanol–water partition coefficient (Wildman–Crippen LogP) is 4.30. The van der Waals surface area contributed by atoms with E-state index in [0.717, 1.165) is 10.8 Å². The zero-order valence-corrected chi connectivity index (χ0v) is 14.0. The second-order valence-corrected chi connectivity index (χ2v) is 7.94. The maximum atomic E-state index is 9.67. The lowest BCUT2D eigenvalue weighted by Gasteiger charge is -2.19. The molecule has 0 atom stereocenters. The molecule has 1 N–H and O–H groups in total. The van der Waals surface area contributed by atoms with Crippen LogP contribution in [0.5, 0.6) is 5.75 Å². The van der Waals surface area contributed by atoms with E-state index in [1.807, 2.05) is 12.1 Å². The van der Waals surface area contributed by atoms with Crippen LogP contribution < -0.4 is 15.9 Å². The minimum Gasteiger partial charge on any atom is -0.508 e. The summed E-state index contributed by atoms with van der Waals surface area (Å²) in [6.07, 6.45) is 0. The number of hydrogen-bond acceptors (Lipinski definition) is 1. The molecule has 0 radical (unpaired) electrons. The second kappa shape index (κ2) is 6.47. The molecule has 0 spiro atoms. The second-order valence-electron chi connectivity index (χ2n) is 5.72. The summed E-state index contributed by atoms with van der Waals surface area (Å²) in [5.41, 5.74) is 0. The zero-order chi connectivity index (χ0) is 16.4. The fraction of sp³-hybridized carbons (Fsp3) is 0. The Morgan fingerprint density at radius 3 is 1.67 bits per heavy atom. The van der Waals surface area contributed by atoms with Crippen LogP contribution in [0.2, 0.25) is 0 Å². The monoisotopic (exact) mass is 328 g/mol. The van der Waals surface area contributed by atoms with Crippen molar-refractivity contribution in [2.75, 3.05) is 0 Å². The first-order valence-corrected chi connectivity index (χ1v) is 9.28. The van der Waals surface area contributed by atoms with E-state index in [9.17, 15) is 5.11 Å². The van der Waals surface area contributed by atoms with Gasteiger partial charge in [-0.3, -0.25) is 0 Å². The van der Waals surface area contributed by atoms with Crippen molar-refractivity contribution in [2.24, 2.45) is 0 Å². The van der Waals surface area contributed by atoms with Crippen LogP contribution in [-0.2, 0) is 0 Å². The molecule has 0 aromatic heterocycles. The number of fused-ring (bicyclic) bond motifs is 1. The third-order valence-corrected chi connectivity index (χ3v) is 6.52. The minimum atomic E-state index is -0.589. The number of benzene rings is 4. The highest BCUT2D eigenvalue weighted by molar-refractivity contribution is 7.79. The van der Waals surface area contributed by atoms with Gasteiger partial charge in [-0.25, -0.2) is 0 Å². The van der Waals surface area contributed by atoms with Gasteiger partial charge in [0, 0.05) is 0 Å². The van der Waals surface area contributed by atoms with E-state index in [2.05, 4.69) is 78.9 Å². The smallest absolute Gasteiger partial charge is 0.116 e. The molecule has 4 aromatic rings. The Kier molecular flexibility index (Phi) is 4.02. The zero-order valence-electron chi connectivity index (χ0n) is 13.1. The number of aromatic hydroxyl groups is 1. The van der Waals surface area contributed by atoms with Crippen molar-refractivity contribution < 1.29 is 5.11 Å². The minimum absolute atomic E-state index is 0.309. The topological polar surface area (TPSA) is 20.2 Å². The summed E-state index contributed by atoms with van der Waals surface area (Å²) in [4.78, 5) is 0. The Morgan fingerprint density at radius 1 is 0.500 bits per heavy atom. The molecule has 1 nitrogen and oxygen atoms in total. The largest absolute Gasteiger partial charge is 0.508 e. The van der Waals surface area contributed by atoms with E-state index in [4.69, 9.17) is 0 Å². The van der Waals surface area contributed by atoms with Gasteiger partial charge >= 0.3 is 0 Å². The molecule has 0 saturated heterocycles. The highest BCUT2D eigenvalue weighted by atomic mass is 31.1. The molecule has 0 unspecified atom stereocenters. The Bertz CT molecular complexity index is 925. The van der Waals surface area contributed by atoms with Crippen molar-refractivity contribution >= 4 is 34.6 Å². The molecule has 4 rings (SSSR count). The van der Waals surface area contributed by atoms with Gasteiger partial charge in [-0.2, -0.15) is 0 Å². The van der Waals surface area contributed by atoms with Crippen LogP contribution in [0.1, 0.15) is 0 Å². The molecule has 116 valence electrons. The SMILES string of the molecule is Oc1ccc2cc(P(c3ccccc3)c3ccccc3)ccc2c1. The van der Waals surface area contributed by atoms with Gasteiger partial charge < -0.3 is 5.11 Å². The third-order valence-electron chi connectivity index (χ3n) is 4.09. The highest BCUT2D eigenvalue weighted by Gasteiger charge is 2.16. The van der Waals surface area contributed by atoms with Crippen molar-refractivity contribution in [3.63, 3.8) is 0 Å². The summed E-state index contributed by atoms with van der Waals surface area (Å²) in [6, 6.07) is 33.5. The van der Waals surface area contributed by atoms with Gasteiger partial charge in [-0.05, 0) is 52.8 Å². The van der Waals surface area contributed by atoms with Crippen molar-refractivity contribution in [3.05, 3.63) is 97.1 Å². The molecule has 0 saturated carbocycles. The average Bonchev–Trinajstić information content (AvgIpc) is 2.64.